The highest BCUT2D eigenvalue weighted by Gasteiger charge is 2.23. The van der Waals surface area contributed by atoms with Gasteiger partial charge in [0.05, 0.1) is 0 Å². The predicted molar refractivity (Wildman–Crippen MR) is 74.3 cm³/mol. The molecule has 0 aromatic heterocycles. The third kappa shape index (κ3) is 5.39. The van der Waals surface area contributed by atoms with Crippen LogP contribution in [0.15, 0.2) is 0 Å². The summed E-state index contributed by atoms with van der Waals surface area (Å²) in [5, 5.41) is 3.67. The van der Waals surface area contributed by atoms with Gasteiger partial charge in [0.15, 0.2) is 0 Å². The number of rotatable bonds is 9. The van der Waals surface area contributed by atoms with Gasteiger partial charge in [-0.1, -0.05) is 19.8 Å². The average Bonchev–Trinajstić information content (AvgIpc) is 2.98. The van der Waals surface area contributed by atoms with E-state index >= 15 is 0 Å². The molecule has 0 aliphatic heterocycles. The molecule has 0 spiro atoms. The molecule has 2 nitrogen and oxygen atoms in total. The first-order chi connectivity index (χ1) is 8.38. The minimum absolute atomic E-state index is 0.984. The lowest BCUT2D eigenvalue weighted by Gasteiger charge is -2.22. The van der Waals surface area contributed by atoms with Gasteiger partial charge in [0, 0.05) is 19.6 Å². The standard InChI is InChI=1S/C15H30N2/c1-2-10-17(13-15-7-8-15)11-9-16-12-14-5-3-4-6-14/h14-16H,2-13H2,1H3. The lowest BCUT2D eigenvalue weighted by molar-refractivity contribution is 0.261. The highest BCUT2D eigenvalue weighted by atomic mass is 15.1. The Balaban J connectivity index is 1.51. The van der Waals surface area contributed by atoms with Gasteiger partial charge in [0.25, 0.3) is 0 Å². The molecule has 0 radical (unpaired) electrons. The zero-order valence-electron chi connectivity index (χ0n) is 11.6. The first-order valence-electron chi connectivity index (χ1n) is 7.81. The molecule has 0 atom stereocenters. The van der Waals surface area contributed by atoms with Gasteiger partial charge < -0.3 is 10.2 Å². The topological polar surface area (TPSA) is 15.3 Å². The first-order valence-corrected chi connectivity index (χ1v) is 7.81. The highest BCUT2D eigenvalue weighted by Crippen LogP contribution is 2.29. The van der Waals surface area contributed by atoms with Crippen molar-refractivity contribution < 1.29 is 0 Å². The van der Waals surface area contributed by atoms with Crippen molar-refractivity contribution in [3.63, 3.8) is 0 Å². The molecule has 0 amide bonds. The molecular formula is C15H30N2. The number of nitrogens with zero attached hydrogens (tertiary/aromatic N) is 1. The van der Waals surface area contributed by atoms with Crippen LogP contribution >= 0.6 is 0 Å². The van der Waals surface area contributed by atoms with Crippen molar-refractivity contribution in [3.05, 3.63) is 0 Å². The predicted octanol–water partition coefficient (Wildman–Crippen LogP) is 2.89. The van der Waals surface area contributed by atoms with Crippen LogP contribution < -0.4 is 5.32 Å². The van der Waals surface area contributed by atoms with Gasteiger partial charge in [-0.05, 0) is 57.0 Å². The smallest absolute Gasteiger partial charge is 0.0107 e. The zero-order chi connectivity index (χ0) is 11.9. The largest absolute Gasteiger partial charge is 0.315 e. The minimum Gasteiger partial charge on any atom is -0.315 e. The molecule has 2 saturated carbocycles. The third-order valence-electron chi connectivity index (χ3n) is 4.27. The molecule has 2 aliphatic rings. The Morgan fingerprint density at radius 2 is 1.76 bits per heavy atom. The molecule has 0 heterocycles. The van der Waals surface area contributed by atoms with E-state index in [0.717, 1.165) is 11.8 Å². The van der Waals surface area contributed by atoms with Crippen LogP contribution in [0.4, 0.5) is 0 Å². The van der Waals surface area contributed by atoms with Crippen LogP contribution in [0.3, 0.4) is 0 Å². The molecule has 0 aromatic carbocycles. The van der Waals surface area contributed by atoms with Crippen molar-refractivity contribution in [3.8, 4) is 0 Å². The third-order valence-corrected chi connectivity index (χ3v) is 4.27. The maximum atomic E-state index is 3.67. The molecule has 0 aromatic rings. The van der Waals surface area contributed by atoms with Crippen LogP contribution in [-0.2, 0) is 0 Å². The lowest BCUT2D eigenvalue weighted by Crippen LogP contribution is -2.35. The zero-order valence-corrected chi connectivity index (χ0v) is 11.6. The van der Waals surface area contributed by atoms with E-state index in [1.807, 2.05) is 0 Å². The summed E-state index contributed by atoms with van der Waals surface area (Å²) >= 11 is 0. The Bertz CT molecular complexity index is 195. The van der Waals surface area contributed by atoms with E-state index < -0.39 is 0 Å². The van der Waals surface area contributed by atoms with Gasteiger partial charge in [0.1, 0.15) is 0 Å². The van der Waals surface area contributed by atoms with Gasteiger partial charge in [-0.3, -0.25) is 0 Å². The summed E-state index contributed by atoms with van der Waals surface area (Å²) in [6, 6.07) is 0. The van der Waals surface area contributed by atoms with Crippen molar-refractivity contribution in [2.24, 2.45) is 11.8 Å². The average molecular weight is 238 g/mol. The quantitative estimate of drug-likeness (QED) is 0.621. The Labute approximate surface area is 107 Å². The Morgan fingerprint density at radius 1 is 1.00 bits per heavy atom. The normalized spacial score (nSPS) is 21.5. The fraction of sp³-hybridized carbons (Fsp3) is 1.00. The van der Waals surface area contributed by atoms with Gasteiger partial charge >= 0.3 is 0 Å². The molecule has 0 saturated heterocycles. The second kappa shape index (κ2) is 7.38. The summed E-state index contributed by atoms with van der Waals surface area (Å²) in [6.07, 6.45) is 10.1. The van der Waals surface area contributed by atoms with Crippen molar-refractivity contribution in [1.82, 2.24) is 10.2 Å². The molecule has 1 N–H and O–H groups in total. The number of hydrogen-bond acceptors (Lipinski definition) is 2. The summed E-state index contributed by atoms with van der Waals surface area (Å²) in [5.41, 5.74) is 0. The molecule has 17 heavy (non-hydrogen) atoms. The van der Waals surface area contributed by atoms with Crippen LogP contribution in [0.5, 0.6) is 0 Å². The van der Waals surface area contributed by atoms with E-state index in [0.29, 0.717) is 0 Å². The van der Waals surface area contributed by atoms with Gasteiger partial charge in [-0.15, -0.1) is 0 Å². The van der Waals surface area contributed by atoms with Crippen LogP contribution in [0, 0.1) is 11.8 Å². The van der Waals surface area contributed by atoms with E-state index in [1.54, 1.807) is 0 Å². The van der Waals surface area contributed by atoms with Crippen molar-refractivity contribution in [2.45, 2.75) is 51.9 Å². The molecule has 2 fully saturated rings. The van der Waals surface area contributed by atoms with E-state index in [9.17, 15) is 0 Å². The van der Waals surface area contributed by atoms with Gasteiger partial charge in [-0.25, -0.2) is 0 Å². The molecule has 100 valence electrons. The molecule has 0 unspecified atom stereocenters. The fourth-order valence-corrected chi connectivity index (χ4v) is 3.03. The van der Waals surface area contributed by atoms with Crippen LogP contribution in [0.1, 0.15) is 51.9 Å². The maximum Gasteiger partial charge on any atom is 0.0107 e. The van der Waals surface area contributed by atoms with Crippen LogP contribution in [-0.4, -0.2) is 37.6 Å². The van der Waals surface area contributed by atoms with Crippen molar-refractivity contribution in [2.75, 3.05) is 32.7 Å². The van der Waals surface area contributed by atoms with Crippen LogP contribution in [0.25, 0.3) is 0 Å². The molecular weight excluding hydrogens is 208 g/mol. The summed E-state index contributed by atoms with van der Waals surface area (Å²) in [4.78, 5) is 2.67. The summed E-state index contributed by atoms with van der Waals surface area (Å²) < 4.78 is 0. The van der Waals surface area contributed by atoms with Crippen LogP contribution in [0.2, 0.25) is 0 Å². The Hall–Kier alpha value is -0.0800. The fourth-order valence-electron chi connectivity index (χ4n) is 3.03. The molecule has 2 rings (SSSR count). The Morgan fingerprint density at radius 3 is 2.41 bits per heavy atom. The number of nitrogens with one attached hydrogen (secondary N) is 1. The summed E-state index contributed by atoms with van der Waals surface area (Å²) in [6.45, 7) is 8.68. The maximum absolute atomic E-state index is 3.67. The molecule has 2 aliphatic carbocycles. The van der Waals surface area contributed by atoms with E-state index in [1.165, 1.54) is 77.7 Å². The summed E-state index contributed by atoms with van der Waals surface area (Å²) in [5.74, 6) is 2.02. The van der Waals surface area contributed by atoms with E-state index in [2.05, 4.69) is 17.1 Å². The molecule has 0 bridgehead atoms. The Kier molecular flexibility index (Phi) is 5.79. The van der Waals surface area contributed by atoms with Gasteiger partial charge in [-0.2, -0.15) is 0 Å². The highest BCUT2D eigenvalue weighted by molar-refractivity contribution is 4.77. The van der Waals surface area contributed by atoms with Crippen molar-refractivity contribution >= 4 is 0 Å². The lowest BCUT2D eigenvalue weighted by atomic mass is 10.1. The monoisotopic (exact) mass is 238 g/mol. The molecule has 2 heteroatoms. The second-order valence-corrected chi connectivity index (χ2v) is 6.10. The number of hydrogen-bond donors (Lipinski definition) is 1. The van der Waals surface area contributed by atoms with E-state index in [-0.39, 0.29) is 0 Å². The van der Waals surface area contributed by atoms with E-state index in [4.69, 9.17) is 0 Å². The SMILES string of the molecule is CCCN(CCNCC1CCCC1)CC1CC1. The van der Waals surface area contributed by atoms with Gasteiger partial charge in [0.2, 0.25) is 0 Å². The first kappa shape index (κ1) is 13.4. The summed E-state index contributed by atoms with van der Waals surface area (Å²) in [7, 11) is 0. The second-order valence-electron chi connectivity index (χ2n) is 6.10. The minimum atomic E-state index is 0.984. The van der Waals surface area contributed by atoms with Crippen molar-refractivity contribution in [1.29, 1.82) is 0 Å².